The van der Waals surface area contributed by atoms with E-state index in [9.17, 15) is 17.8 Å². The van der Waals surface area contributed by atoms with E-state index in [1.807, 2.05) is 6.92 Å². The average molecular weight is 349 g/mol. The van der Waals surface area contributed by atoms with E-state index in [1.165, 1.54) is 24.5 Å². The van der Waals surface area contributed by atoms with Crippen molar-refractivity contribution >= 4 is 21.8 Å². The molecule has 124 valence electrons. The van der Waals surface area contributed by atoms with Crippen LogP contribution in [-0.4, -0.2) is 25.0 Å². The average Bonchev–Trinajstić information content (AvgIpc) is 2.55. The van der Waals surface area contributed by atoms with Gasteiger partial charge < -0.3 is 0 Å². The SMILES string of the molecule is CCc1nc(S(C)=O)nc2c1ccc(=O)n2-c1c(F)cccc1F. The van der Waals surface area contributed by atoms with Crippen LogP contribution in [0.1, 0.15) is 12.6 Å². The van der Waals surface area contributed by atoms with Crippen LogP contribution in [0.3, 0.4) is 0 Å². The molecule has 0 aliphatic heterocycles. The number of benzene rings is 1. The molecule has 2 aromatic heterocycles. The van der Waals surface area contributed by atoms with E-state index >= 15 is 0 Å². The second kappa shape index (κ2) is 6.20. The van der Waals surface area contributed by atoms with Gasteiger partial charge in [0.2, 0.25) is 5.16 Å². The number of hydrogen-bond donors (Lipinski definition) is 0. The Morgan fingerprint density at radius 3 is 2.38 bits per heavy atom. The molecule has 0 saturated heterocycles. The molecule has 3 aromatic rings. The van der Waals surface area contributed by atoms with Crippen LogP contribution >= 0.6 is 0 Å². The summed E-state index contributed by atoms with van der Waals surface area (Å²) in [6.07, 6.45) is 1.89. The summed E-state index contributed by atoms with van der Waals surface area (Å²) >= 11 is 0. The standard InChI is InChI=1S/C16H13F2N3O2S/c1-3-12-9-7-8-13(22)21(14-10(17)5-4-6-11(14)18)15(9)20-16(19-12)24(2)23/h4-8H,3H2,1-2H3. The van der Waals surface area contributed by atoms with Gasteiger partial charge in [0.15, 0.2) is 5.65 Å². The maximum atomic E-state index is 14.2. The van der Waals surface area contributed by atoms with E-state index < -0.39 is 33.7 Å². The summed E-state index contributed by atoms with van der Waals surface area (Å²) in [5.74, 6) is -1.78. The van der Waals surface area contributed by atoms with Crippen LogP contribution in [-0.2, 0) is 17.2 Å². The van der Waals surface area contributed by atoms with Gasteiger partial charge in [-0.25, -0.2) is 18.7 Å². The highest BCUT2D eigenvalue weighted by atomic mass is 32.2. The Morgan fingerprint density at radius 2 is 1.79 bits per heavy atom. The van der Waals surface area contributed by atoms with Crippen LogP contribution in [0.2, 0.25) is 0 Å². The fraction of sp³-hybridized carbons (Fsp3) is 0.188. The van der Waals surface area contributed by atoms with Crippen molar-refractivity contribution in [2.24, 2.45) is 0 Å². The van der Waals surface area contributed by atoms with E-state index in [0.717, 1.165) is 16.7 Å². The molecule has 0 aliphatic carbocycles. The van der Waals surface area contributed by atoms with E-state index in [1.54, 1.807) is 0 Å². The molecule has 3 rings (SSSR count). The van der Waals surface area contributed by atoms with Gasteiger partial charge in [0.1, 0.15) is 17.3 Å². The first-order chi connectivity index (χ1) is 11.4. The third-order valence-electron chi connectivity index (χ3n) is 3.56. The van der Waals surface area contributed by atoms with Crippen LogP contribution in [0.5, 0.6) is 0 Å². The minimum atomic E-state index is -1.50. The Balaban J connectivity index is 2.52. The van der Waals surface area contributed by atoms with Gasteiger partial charge in [0, 0.05) is 17.7 Å². The lowest BCUT2D eigenvalue weighted by Gasteiger charge is -2.13. The second-order valence-corrected chi connectivity index (χ2v) is 6.35. The maximum absolute atomic E-state index is 14.2. The summed E-state index contributed by atoms with van der Waals surface area (Å²) in [5.41, 5.74) is -0.568. The molecule has 0 radical (unpaired) electrons. The van der Waals surface area contributed by atoms with Gasteiger partial charge in [-0.05, 0) is 24.6 Å². The predicted octanol–water partition coefficient (Wildman–Crippen LogP) is 2.36. The zero-order chi connectivity index (χ0) is 17.4. The number of nitrogens with zero attached hydrogens (tertiary/aromatic N) is 3. The minimum Gasteiger partial charge on any atom is -0.269 e. The highest BCUT2D eigenvalue weighted by Gasteiger charge is 2.18. The molecule has 1 atom stereocenters. The smallest absolute Gasteiger partial charge is 0.256 e. The minimum absolute atomic E-state index is 0.00967. The fourth-order valence-electron chi connectivity index (χ4n) is 2.47. The van der Waals surface area contributed by atoms with Crippen LogP contribution in [0.25, 0.3) is 16.7 Å². The first-order valence-electron chi connectivity index (χ1n) is 7.14. The molecule has 0 amide bonds. The van der Waals surface area contributed by atoms with Crippen LogP contribution < -0.4 is 5.56 Å². The molecule has 8 heteroatoms. The van der Waals surface area contributed by atoms with Crippen molar-refractivity contribution in [2.75, 3.05) is 6.26 Å². The summed E-state index contributed by atoms with van der Waals surface area (Å²) in [6.45, 7) is 1.84. The molecule has 0 aliphatic rings. The Morgan fingerprint density at radius 1 is 1.12 bits per heavy atom. The van der Waals surface area contributed by atoms with Crippen molar-refractivity contribution in [3.63, 3.8) is 0 Å². The first-order valence-corrected chi connectivity index (χ1v) is 8.70. The van der Waals surface area contributed by atoms with Gasteiger partial charge in [-0.1, -0.05) is 13.0 Å². The Hall–Kier alpha value is -2.48. The van der Waals surface area contributed by atoms with Gasteiger partial charge in [0.25, 0.3) is 5.56 Å². The highest BCUT2D eigenvalue weighted by Crippen LogP contribution is 2.22. The number of rotatable bonds is 3. The normalized spacial score (nSPS) is 12.5. The van der Waals surface area contributed by atoms with Crippen LogP contribution in [0.4, 0.5) is 8.78 Å². The number of pyridine rings is 1. The first kappa shape index (κ1) is 16.4. The molecule has 0 fully saturated rings. The maximum Gasteiger partial charge on any atom is 0.256 e. The van der Waals surface area contributed by atoms with Crippen molar-refractivity contribution in [3.05, 3.63) is 58.0 Å². The fourth-order valence-corrected chi connectivity index (χ4v) is 2.93. The van der Waals surface area contributed by atoms with E-state index in [-0.39, 0.29) is 10.8 Å². The molecule has 2 heterocycles. The quantitative estimate of drug-likeness (QED) is 0.681. The molecular formula is C16H13F2N3O2S. The molecule has 0 spiro atoms. The molecule has 0 bridgehead atoms. The van der Waals surface area contributed by atoms with Gasteiger partial charge in [-0.2, -0.15) is 0 Å². The van der Waals surface area contributed by atoms with E-state index in [0.29, 0.717) is 17.5 Å². The van der Waals surface area contributed by atoms with Gasteiger partial charge in [0.05, 0.1) is 16.5 Å². The number of aromatic nitrogens is 3. The summed E-state index contributed by atoms with van der Waals surface area (Å²) in [4.78, 5) is 20.6. The molecule has 1 unspecified atom stereocenters. The van der Waals surface area contributed by atoms with Crippen LogP contribution in [0, 0.1) is 11.6 Å². The number of para-hydroxylation sites is 1. The van der Waals surface area contributed by atoms with Gasteiger partial charge in [-0.3, -0.25) is 13.6 Å². The van der Waals surface area contributed by atoms with Crippen molar-refractivity contribution in [1.29, 1.82) is 0 Å². The summed E-state index contributed by atoms with van der Waals surface area (Å²) < 4.78 is 41.0. The zero-order valence-corrected chi connectivity index (χ0v) is 13.7. The number of aryl methyl sites for hydroxylation is 1. The zero-order valence-electron chi connectivity index (χ0n) is 12.9. The van der Waals surface area contributed by atoms with E-state index in [4.69, 9.17) is 0 Å². The van der Waals surface area contributed by atoms with Crippen LogP contribution in [0.15, 0.2) is 40.3 Å². The highest BCUT2D eigenvalue weighted by molar-refractivity contribution is 7.84. The van der Waals surface area contributed by atoms with Crippen molar-refractivity contribution in [2.45, 2.75) is 18.5 Å². The predicted molar refractivity (Wildman–Crippen MR) is 86.8 cm³/mol. The van der Waals surface area contributed by atoms with E-state index in [2.05, 4.69) is 9.97 Å². The number of hydrogen-bond acceptors (Lipinski definition) is 4. The summed E-state index contributed by atoms with van der Waals surface area (Å²) in [6, 6.07) is 6.05. The topological polar surface area (TPSA) is 64.8 Å². The lowest BCUT2D eigenvalue weighted by molar-refractivity contribution is 0.568. The lowest BCUT2D eigenvalue weighted by atomic mass is 10.2. The Kier molecular flexibility index (Phi) is 4.23. The summed E-state index contributed by atoms with van der Waals surface area (Å²) in [5, 5.41) is 0.490. The van der Waals surface area contributed by atoms with Gasteiger partial charge >= 0.3 is 0 Å². The monoisotopic (exact) mass is 349 g/mol. The molecule has 1 aromatic carbocycles. The molecule has 0 N–H and O–H groups in total. The van der Waals surface area contributed by atoms with Gasteiger partial charge in [-0.15, -0.1) is 0 Å². The number of halogens is 2. The largest absolute Gasteiger partial charge is 0.269 e. The number of fused-ring (bicyclic) bond motifs is 1. The molecule has 0 saturated carbocycles. The Bertz CT molecular complexity index is 1010. The molecule has 5 nitrogen and oxygen atoms in total. The Labute approximate surface area is 138 Å². The van der Waals surface area contributed by atoms with Crippen molar-refractivity contribution in [1.82, 2.24) is 14.5 Å². The lowest BCUT2D eigenvalue weighted by Crippen LogP contribution is -2.22. The third kappa shape index (κ3) is 2.62. The molecular weight excluding hydrogens is 336 g/mol. The third-order valence-corrected chi connectivity index (χ3v) is 4.26. The van der Waals surface area contributed by atoms with Crippen molar-refractivity contribution < 1.29 is 13.0 Å². The van der Waals surface area contributed by atoms with Crippen molar-refractivity contribution in [3.8, 4) is 5.69 Å². The second-order valence-electron chi connectivity index (χ2n) is 5.08. The summed E-state index contributed by atoms with van der Waals surface area (Å²) in [7, 11) is -1.50. The molecule has 24 heavy (non-hydrogen) atoms.